The van der Waals surface area contributed by atoms with Crippen LogP contribution in [-0.2, 0) is 10.0 Å². The van der Waals surface area contributed by atoms with E-state index in [0.717, 1.165) is 18.4 Å². The summed E-state index contributed by atoms with van der Waals surface area (Å²) >= 11 is 0. The lowest BCUT2D eigenvalue weighted by molar-refractivity contribution is 0.0742. The van der Waals surface area contributed by atoms with Gasteiger partial charge in [-0.2, -0.15) is 0 Å². The molecule has 1 amide bonds. The van der Waals surface area contributed by atoms with Crippen LogP contribution in [0.5, 0.6) is 0 Å². The Labute approximate surface area is 145 Å². The Balaban J connectivity index is 2.24. The smallest absolute Gasteiger partial charge is 0.254 e. The molecule has 0 spiro atoms. The van der Waals surface area contributed by atoms with Crippen LogP contribution in [0.2, 0.25) is 0 Å². The van der Waals surface area contributed by atoms with Gasteiger partial charge in [-0.3, -0.25) is 9.52 Å². The van der Waals surface area contributed by atoms with Gasteiger partial charge in [-0.15, -0.1) is 0 Å². The normalized spacial score (nSPS) is 12.5. The Morgan fingerprint density at radius 2 is 1.80 bits per heavy atom. The number of rotatable bonds is 5. The van der Waals surface area contributed by atoms with Gasteiger partial charge in [-0.25, -0.2) is 17.2 Å². The number of anilines is 1. The van der Waals surface area contributed by atoms with Gasteiger partial charge in [0, 0.05) is 18.3 Å². The van der Waals surface area contributed by atoms with Crippen molar-refractivity contribution in [2.45, 2.75) is 13.0 Å². The number of benzene rings is 2. The molecule has 0 fully saturated rings. The zero-order chi connectivity index (χ0) is 18.8. The lowest BCUT2D eigenvalue weighted by atomic mass is 10.1. The second kappa shape index (κ2) is 7.18. The highest BCUT2D eigenvalue weighted by Gasteiger charge is 2.20. The fourth-order valence-electron chi connectivity index (χ4n) is 2.31. The van der Waals surface area contributed by atoms with Crippen molar-refractivity contribution in [1.29, 1.82) is 0 Å². The van der Waals surface area contributed by atoms with E-state index in [0.29, 0.717) is 5.56 Å². The quantitative estimate of drug-likeness (QED) is 0.882. The minimum Gasteiger partial charge on any atom is -0.335 e. The van der Waals surface area contributed by atoms with Crippen molar-refractivity contribution in [1.82, 2.24) is 4.90 Å². The van der Waals surface area contributed by atoms with Crippen LogP contribution in [0.4, 0.5) is 14.5 Å². The van der Waals surface area contributed by atoms with Gasteiger partial charge in [-0.1, -0.05) is 12.1 Å². The second-order valence-corrected chi connectivity index (χ2v) is 7.47. The molecular formula is C17H18F2N2O3S. The second-order valence-electron chi connectivity index (χ2n) is 5.72. The number of amides is 1. The third kappa shape index (κ3) is 4.76. The molecule has 0 bridgehead atoms. The maximum absolute atomic E-state index is 13.4. The topological polar surface area (TPSA) is 66.5 Å². The van der Waals surface area contributed by atoms with Crippen LogP contribution in [0, 0.1) is 11.6 Å². The lowest BCUT2D eigenvalue weighted by Gasteiger charge is -2.25. The van der Waals surface area contributed by atoms with Gasteiger partial charge in [-0.05, 0) is 42.8 Å². The summed E-state index contributed by atoms with van der Waals surface area (Å²) in [6.45, 7) is 1.68. The number of hydrogen-bond acceptors (Lipinski definition) is 3. The number of nitrogens with one attached hydrogen (secondary N) is 1. The standard InChI is InChI=1S/C17H18F2N2O3S/c1-11(12-7-8-15(18)16(19)10-12)21(2)17(22)13-5-4-6-14(9-13)20-25(3,23)24/h4-11,20H,1-3H3. The summed E-state index contributed by atoms with van der Waals surface area (Å²) in [5, 5.41) is 0. The third-order valence-electron chi connectivity index (χ3n) is 3.74. The summed E-state index contributed by atoms with van der Waals surface area (Å²) in [5.74, 6) is -2.32. The Morgan fingerprint density at radius 3 is 2.40 bits per heavy atom. The van der Waals surface area contributed by atoms with Gasteiger partial charge < -0.3 is 4.90 Å². The molecule has 1 atom stereocenters. The number of sulfonamides is 1. The van der Waals surface area contributed by atoms with Crippen molar-refractivity contribution in [3.8, 4) is 0 Å². The van der Waals surface area contributed by atoms with E-state index in [9.17, 15) is 22.0 Å². The first-order valence-corrected chi connectivity index (χ1v) is 9.27. The molecule has 2 aromatic carbocycles. The first-order valence-electron chi connectivity index (χ1n) is 7.38. The van der Waals surface area contributed by atoms with Gasteiger partial charge in [0.05, 0.1) is 12.3 Å². The average Bonchev–Trinajstić information content (AvgIpc) is 2.54. The van der Waals surface area contributed by atoms with Crippen molar-refractivity contribution >= 4 is 21.6 Å². The molecule has 0 aliphatic heterocycles. The van der Waals surface area contributed by atoms with E-state index < -0.39 is 27.7 Å². The van der Waals surface area contributed by atoms with Gasteiger partial charge in [0.25, 0.3) is 5.91 Å². The molecule has 0 saturated carbocycles. The highest BCUT2D eigenvalue weighted by molar-refractivity contribution is 7.92. The Kier molecular flexibility index (Phi) is 5.42. The molecule has 2 rings (SSSR count). The van der Waals surface area contributed by atoms with E-state index in [-0.39, 0.29) is 17.2 Å². The van der Waals surface area contributed by atoms with Crippen LogP contribution in [0.1, 0.15) is 28.9 Å². The predicted octanol–water partition coefficient (Wildman–Crippen LogP) is 3.17. The first kappa shape index (κ1) is 18.9. The van der Waals surface area contributed by atoms with Crippen molar-refractivity contribution in [3.05, 3.63) is 65.2 Å². The minimum atomic E-state index is -3.46. The molecule has 0 aromatic heterocycles. The summed E-state index contributed by atoms with van der Waals surface area (Å²) in [4.78, 5) is 14.0. The molecule has 0 saturated heterocycles. The Hall–Kier alpha value is -2.48. The molecule has 0 heterocycles. The van der Waals surface area contributed by atoms with E-state index in [4.69, 9.17) is 0 Å². The molecule has 1 unspecified atom stereocenters. The third-order valence-corrected chi connectivity index (χ3v) is 4.35. The summed E-state index contributed by atoms with van der Waals surface area (Å²) in [7, 11) is -1.93. The summed E-state index contributed by atoms with van der Waals surface area (Å²) < 4.78 is 51.3. The van der Waals surface area contributed by atoms with Crippen LogP contribution in [0.3, 0.4) is 0 Å². The number of carbonyl (C=O) groups excluding carboxylic acids is 1. The molecule has 2 aromatic rings. The zero-order valence-electron chi connectivity index (χ0n) is 14.0. The molecule has 0 aliphatic carbocycles. The molecule has 134 valence electrons. The monoisotopic (exact) mass is 368 g/mol. The number of nitrogens with zero attached hydrogens (tertiary/aromatic N) is 1. The predicted molar refractivity (Wildman–Crippen MR) is 91.8 cm³/mol. The molecule has 1 N–H and O–H groups in total. The van der Waals surface area contributed by atoms with Crippen LogP contribution in [-0.4, -0.2) is 32.5 Å². The molecule has 0 radical (unpaired) electrons. The number of hydrogen-bond donors (Lipinski definition) is 1. The number of carbonyl (C=O) groups is 1. The van der Waals surface area contributed by atoms with Gasteiger partial charge in [0.15, 0.2) is 11.6 Å². The van der Waals surface area contributed by atoms with E-state index in [1.165, 1.54) is 30.1 Å². The summed E-state index contributed by atoms with van der Waals surface area (Å²) in [6.07, 6.45) is 1.01. The minimum absolute atomic E-state index is 0.266. The zero-order valence-corrected chi connectivity index (χ0v) is 14.8. The number of halogens is 2. The molecule has 5 nitrogen and oxygen atoms in total. The largest absolute Gasteiger partial charge is 0.335 e. The highest BCUT2D eigenvalue weighted by Crippen LogP contribution is 2.23. The van der Waals surface area contributed by atoms with E-state index in [2.05, 4.69) is 4.72 Å². The summed E-state index contributed by atoms with van der Waals surface area (Å²) in [6, 6.07) is 9.00. The Bertz CT molecular complexity index is 901. The first-order chi connectivity index (χ1) is 11.6. The van der Waals surface area contributed by atoms with Crippen LogP contribution in [0.25, 0.3) is 0 Å². The van der Waals surface area contributed by atoms with E-state index >= 15 is 0 Å². The molecule has 25 heavy (non-hydrogen) atoms. The van der Waals surface area contributed by atoms with Gasteiger partial charge in [0.2, 0.25) is 10.0 Å². The fourth-order valence-corrected chi connectivity index (χ4v) is 2.86. The average molecular weight is 368 g/mol. The van der Waals surface area contributed by atoms with Crippen molar-refractivity contribution < 1.29 is 22.0 Å². The maximum atomic E-state index is 13.4. The van der Waals surface area contributed by atoms with Crippen LogP contribution >= 0.6 is 0 Å². The maximum Gasteiger partial charge on any atom is 0.254 e. The van der Waals surface area contributed by atoms with Crippen molar-refractivity contribution in [2.75, 3.05) is 18.0 Å². The lowest BCUT2D eigenvalue weighted by Crippen LogP contribution is -2.29. The summed E-state index contributed by atoms with van der Waals surface area (Å²) in [5.41, 5.74) is 0.980. The van der Waals surface area contributed by atoms with Crippen molar-refractivity contribution in [3.63, 3.8) is 0 Å². The molecule has 0 aliphatic rings. The van der Waals surface area contributed by atoms with Crippen LogP contribution < -0.4 is 4.72 Å². The molecule has 8 heteroatoms. The Morgan fingerprint density at radius 1 is 1.12 bits per heavy atom. The van der Waals surface area contributed by atoms with E-state index in [1.807, 2.05) is 0 Å². The van der Waals surface area contributed by atoms with Gasteiger partial charge in [0.1, 0.15) is 0 Å². The van der Waals surface area contributed by atoms with Crippen LogP contribution in [0.15, 0.2) is 42.5 Å². The van der Waals surface area contributed by atoms with Crippen molar-refractivity contribution in [2.24, 2.45) is 0 Å². The highest BCUT2D eigenvalue weighted by atomic mass is 32.2. The SMILES string of the molecule is CC(c1ccc(F)c(F)c1)N(C)C(=O)c1cccc(NS(C)(=O)=O)c1. The van der Waals surface area contributed by atoms with Gasteiger partial charge >= 0.3 is 0 Å². The molecular weight excluding hydrogens is 350 g/mol. The van der Waals surface area contributed by atoms with E-state index in [1.54, 1.807) is 19.1 Å². The fraction of sp³-hybridized carbons (Fsp3) is 0.235.